The molecular weight excluding hydrogens is 474 g/mol. The van der Waals surface area contributed by atoms with Gasteiger partial charge in [-0.3, -0.25) is 9.78 Å². The molecule has 1 aromatic carbocycles. The van der Waals surface area contributed by atoms with Crippen molar-refractivity contribution in [3.05, 3.63) is 71.1 Å². The number of likely N-dealkylation sites (N-methyl/N-ethyl adjacent to an activating group) is 1. The predicted molar refractivity (Wildman–Crippen MR) is 152 cm³/mol. The van der Waals surface area contributed by atoms with E-state index in [1.165, 1.54) is 16.7 Å². The van der Waals surface area contributed by atoms with Gasteiger partial charge in [-0.15, -0.1) is 0 Å². The first kappa shape index (κ1) is 26.2. The lowest BCUT2D eigenvalue weighted by molar-refractivity contribution is 0.0664. The minimum Gasteiger partial charge on any atom is -0.336 e. The van der Waals surface area contributed by atoms with Gasteiger partial charge in [-0.1, -0.05) is 31.2 Å². The number of pyridine rings is 1. The van der Waals surface area contributed by atoms with Gasteiger partial charge in [-0.25, -0.2) is 4.79 Å². The molecule has 38 heavy (non-hydrogen) atoms. The van der Waals surface area contributed by atoms with Crippen molar-refractivity contribution in [2.45, 2.75) is 52.1 Å². The molecule has 0 bridgehead atoms. The molecule has 2 aliphatic heterocycles. The van der Waals surface area contributed by atoms with Gasteiger partial charge in [0.15, 0.2) is 0 Å². The van der Waals surface area contributed by atoms with Gasteiger partial charge in [-0.05, 0) is 68.6 Å². The first-order chi connectivity index (χ1) is 18.3. The molecular formula is C31H39N5O2. The molecule has 3 heterocycles. The number of allylic oxidation sites excluding steroid dienone is 2. The highest BCUT2D eigenvalue weighted by Crippen LogP contribution is 2.38. The van der Waals surface area contributed by atoms with Gasteiger partial charge in [0.05, 0.1) is 11.7 Å². The Hall–Kier alpha value is -3.45. The third-order valence-corrected chi connectivity index (χ3v) is 7.87. The number of aromatic nitrogens is 1. The summed E-state index contributed by atoms with van der Waals surface area (Å²) >= 11 is 0. The second-order valence-electron chi connectivity index (χ2n) is 10.9. The van der Waals surface area contributed by atoms with Crippen LogP contribution in [0.3, 0.4) is 0 Å². The molecule has 0 radical (unpaired) electrons. The van der Waals surface area contributed by atoms with Crippen LogP contribution in [0, 0.1) is 0 Å². The topological polar surface area (TPSA) is 68.8 Å². The van der Waals surface area contributed by atoms with Crippen molar-refractivity contribution in [2.75, 3.05) is 39.8 Å². The van der Waals surface area contributed by atoms with Crippen LogP contribution in [0.5, 0.6) is 0 Å². The molecule has 2 aromatic rings. The Morgan fingerprint density at radius 2 is 1.79 bits per heavy atom. The van der Waals surface area contributed by atoms with Gasteiger partial charge in [0.2, 0.25) is 0 Å². The van der Waals surface area contributed by atoms with Gasteiger partial charge in [0.25, 0.3) is 5.91 Å². The monoisotopic (exact) mass is 513 g/mol. The van der Waals surface area contributed by atoms with Crippen molar-refractivity contribution in [1.82, 2.24) is 25.0 Å². The number of benzene rings is 1. The number of urea groups is 1. The third-order valence-electron chi connectivity index (χ3n) is 7.87. The Morgan fingerprint density at radius 1 is 1.05 bits per heavy atom. The van der Waals surface area contributed by atoms with Crippen LogP contribution in [0.2, 0.25) is 0 Å². The zero-order valence-electron chi connectivity index (χ0n) is 23.0. The highest BCUT2D eigenvalue weighted by Gasteiger charge is 2.29. The normalized spacial score (nSPS) is 19.8. The largest absolute Gasteiger partial charge is 0.336 e. The Balaban J connectivity index is 1.33. The predicted octanol–water partition coefficient (Wildman–Crippen LogP) is 4.60. The van der Waals surface area contributed by atoms with E-state index in [2.05, 4.69) is 42.4 Å². The van der Waals surface area contributed by atoms with Crippen LogP contribution in [0.1, 0.15) is 55.2 Å². The van der Waals surface area contributed by atoms with Gasteiger partial charge < -0.3 is 20.0 Å². The van der Waals surface area contributed by atoms with Crippen molar-refractivity contribution in [1.29, 1.82) is 0 Å². The number of rotatable bonds is 5. The minimum absolute atomic E-state index is 0.0152. The van der Waals surface area contributed by atoms with Crippen molar-refractivity contribution >= 4 is 17.5 Å². The molecule has 5 rings (SSSR count). The highest BCUT2D eigenvalue weighted by atomic mass is 16.2. The number of nitrogens with zero attached hydrogens (tertiary/aromatic N) is 4. The maximum absolute atomic E-state index is 12.9. The van der Waals surface area contributed by atoms with Gasteiger partial charge in [-0.2, -0.15) is 0 Å². The van der Waals surface area contributed by atoms with Crippen LogP contribution >= 0.6 is 0 Å². The molecule has 3 aliphatic rings. The highest BCUT2D eigenvalue weighted by molar-refractivity contribution is 5.95. The quantitative estimate of drug-likeness (QED) is 0.634. The lowest BCUT2D eigenvalue weighted by atomic mass is 9.91. The van der Waals surface area contributed by atoms with E-state index in [0.717, 1.165) is 67.8 Å². The van der Waals surface area contributed by atoms with Crippen LogP contribution in [0.15, 0.2) is 54.3 Å². The number of carbonyl (C=O) groups is 2. The van der Waals surface area contributed by atoms with E-state index in [4.69, 9.17) is 4.98 Å². The Labute approximate surface area is 226 Å². The number of nitrogens with one attached hydrogen (secondary N) is 1. The fourth-order valence-electron chi connectivity index (χ4n) is 5.61. The van der Waals surface area contributed by atoms with Crippen LogP contribution < -0.4 is 5.32 Å². The number of carbonyl (C=O) groups excluding carboxylic acids is 2. The van der Waals surface area contributed by atoms with E-state index in [1.54, 1.807) is 0 Å². The molecule has 1 N–H and O–H groups in total. The summed E-state index contributed by atoms with van der Waals surface area (Å²) in [5.74, 6) is 0.104. The molecule has 1 atom stereocenters. The SMILES string of the molecule is CCC1C=C(C2=CCc3ncc(-c4ccc(C(=O)N5CCN(C)CC5)cc4)cc32)CCN1C(=O)NC(C)C. The van der Waals surface area contributed by atoms with E-state index in [-0.39, 0.29) is 24.0 Å². The standard InChI is InChI=1S/C31H39N5O2/c1-5-26-18-24(12-13-36(26)31(38)33-21(2)3)27-10-11-29-28(27)19-25(20-32-29)22-6-8-23(9-7-22)30(37)35-16-14-34(4)15-17-35/h6-10,18-21,26H,5,11-17H2,1-4H3,(H,33,38). The average Bonchev–Trinajstić information content (AvgIpc) is 3.36. The second kappa shape index (κ2) is 11.1. The minimum atomic E-state index is 0.0152. The van der Waals surface area contributed by atoms with Crippen LogP contribution in [-0.4, -0.2) is 83.5 Å². The van der Waals surface area contributed by atoms with Crippen molar-refractivity contribution in [2.24, 2.45) is 0 Å². The average molecular weight is 514 g/mol. The zero-order valence-corrected chi connectivity index (χ0v) is 23.0. The molecule has 7 nitrogen and oxygen atoms in total. The summed E-state index contributed by atoms with van der Waals surface area (Å²) < 4.78 is 0. The van der Waals surface area contributed by atoms with E-state index >= 15 is 0 Å². The molecule has 200 valence electrons. The third kappa shape index (κ3) is 5.39. The molecule has 0 saturated carbocycles. The molecule has 1 aliphatic carbocycles. The number of amides is 3. The summed E-state index contributed by atoms with van der Waals surface area (Å²) in [5.41, 5.74) is 7.67. The number of piperazine rings is 1. The summed E-state index contributed by atoms with van der Waals surface area (Å²) in [6, 6.07) is 10.4. The first-order valence-electron chi connectivity index (χ1n) is 13.9. The summed E-state index contributed by atoms with van der Waals surface area (Å²) in [6.45, 7) is 10.2. The van der Waals surface area contributed by atoms with Gasteiger partial charge in [0.1, 0.15) is 0 Å². The lowest BCUT2D eigenvalue weighted by Gasteiger charge is -2.35. The fraction of sp³-hybridized carbons (Fsp3) is 0.452. The Kier molecular flexibility index (Phi) is 7.65. The molecule has 1 saturated heterocycles. The van der Waals surface area contributed by atoms with Gasteiger partial charge in [0, 0.05) is 68.1 Å². The maximum Gasteiger partial charge on any atom is 0.318 e. The number of hydrogen-bond acceptors (Lipinski definition) is 4. The zero-order chi connectivity index (χ0) is 26.8. The van der Waals surface area contributed by atoms with E-state index < -0.39 is 0 Å². The molecule has 1 fully saturated rings. The first-order valence-corrected chi connectivity index (χ1v) is 13.9. The van der Waals surface area contributed by atoms with Crippen molar-refractivity contribution in [3.63, 3.8) is 0 Å². The second-order valence-corrected chi connectivity index (χ2v) is 10.9. The summed E-state index contributed by atoms with van der Waals surface area (Å²) in [7, 11) is 2.09. The Morgan fingerprint density at radius 3 is 2.47 bits per heavy atom. The van der Waals surface area contributed by atoms with Crippen LogP contribution in [0.25, 0.3) is 16.7 Å². The lowest BCUT2D eigenvalue weighted by Crippen LogP contribution is -2.49. The van der Waals surface area contributed by atoms with E-state index in [9.17, 15) is 9.59 Å². The molecule has 3 amide bonds. The molecule has 7 heteroatoms. The number of hydrogen-bond donors (Lipinski definition) is 1. The maximum atomic E-state index is 12.9. The molecule has 0 spiro atoms. The summed E-state index contributed by atoms with van der Waals surface area (Å²) in [6.07, 6.45) is 9.04. The van der Waals surface area contributed by atoms with Crippen LogP contribution in [-0.2, 0) is 6.42 Å². The fourth-order valence-corrected chi connectivity index (χ4v) is 5.61. The molecule has 1 aromatic heterocycles. The molecule has 1 unspecified atom stereocenters. The summed E-state index contributed by atoms with van der Waals surface area (Å²) in [4.78, 5) is 36.6. The van der Waals surface area contributed by atoms with Crippen LogP contribution in [0.4, 0.5) is 4.79 Å². The van der Waals surface area contributed by atoms with Crippen molar-refractivity contribution < 1.29 is 9.59 Å². The van der Waals surface area contributed by atoms with E-state index in [1.807, 2.05) is 54.1 Å². The van der Waals surface area contributed by atoms with Gasteiger partial charge >= 0.3 is 6.03 Å². The smallest absolute Gasteiger partial charge is 0.318 e. The summed E-state index contributed by atoms with van der Waals surface area (Å²) in [5, 5.41) is 3.04. The van der Waals surface area contributed by atoms with E-state index in [0.29, 0.717) is 6.54 Å². The number of fused-ring (bicyclic) bond motifs is 1. The Bertz CT molecular complexity index is 1260. The van der Waals surface area contributed by atoms with Crippen molar-refractivity contribution in [3.8, 4) is 11.1 Å².